The molecule has 1 aromatic rings. The molecule has 82 valence electrons. The first-order valence-corrected chi connectivity index (χ1v) is 4.82. The molecule has 0 bridgehead atoms. The van der Waals surface area contributed by atoms with Crippen LogP contribution >= 0.6 is 0 Å². The van der Waals surface area contributed by atoms with Gasteiger partial charge in [-0.15, -0.1) is 0 Å². The van der Waals surface area contributed by atoms with Crippen molar-refractivity contribution in [3.63, 3.8) is 0 Å². The van der Waals surface area contributed by atoms with Crippen molar-refractivity contribution in [2.45, 2.75) is 20.4 Å². The van der Waals surface area contributed by atoms with Gasteiger partial charge >= 0.3 is 6.09 Å². The molecule has 0 saturated heterocycles. The Balaban J connectivity index is 2.68. The zero-order valence-electron chi connectivity index (χ0n) is 8.91. The number of hydrogen-bond acceptors (Lipinski definition) is 2. The summed E-state index contributed by atoms with van der Waals surface area (Å²) in [6, 6.07) is 5.63. The lowest BCUT2D eigenvalue weighted by atomic mass is 10.1. The summed E-state index contributed by atoms with van der Waals surface area (Å²) in [6.07, 6.45) is -1.01. The van der Waals surface area contributed by atoms with Crippen molar-refractivity contribution in [3.8, 4) is 5.75 Å². The van der Waals surface area contributed by atoms with E-state index in [0.29, 0.717) is 13.2 Å². The summed E-state index contributed by atoms with van der Waals surface area (Å²) in [5, 5.41) is 10.8. The largest absolute Gasteiger partial charge is 0.494 e. The number of hydrogen-bond donors (Lipinski definition) is 2. The fourth-order valence-corrected chi connectivity index (χ4v) is 1.32. The predicted molar refractivity (Wildman–Crippen MR) is 57.2 cm³/mol. The van der Waals surface area contributed by atoms with Crippen molar-refractivity contribution in [1.82, 2.24) is 5.32 Å². The summed E-state index contributed by atoms with van der Waals surface area (Å²) in [4.78, 5) is 10.3. The molecule has 4 nitrogen and oxygen atoms in total. The Bertz CT molecular complexity index is 350. The lowest BCUT2D eigenvalue weighted by Crippen LogP contribution is -2.19. The molecular weight excluding hydrogens is 194 g/mol. The van der Waals surface area contributed by atoms with Crippen LogP contribution < -0.4 is 10.1 Å². The van der Waals surface area contributed by atoms with Gasteiger partial charge in [0.15, 0.2) is 0 Å². The molecule has 1 amide bonds. The number of carbonyl (C=O) groups is 1. The average Bonchev–Trinajstić information content (AvgIpc) is 2.19. The molecule has 0 aromatic heterocycles. The van der Waals surface area contributed by atoms with Crippen molar-refractivity contribution < 1.29 is 14.6 Å². The third-order valence-corrected chi connectivity index (χ3v) is 1.98. The number of carboxylic acid groups (broad SMARTS) is 1. The molecule has 0 spiro atoms. The molecule has 0 saturated carbocycles. The van der Waals surface area contributed by atoms with Crippen molar-refractivity contribution in [2.24, 2.45) is 0 Å². The quantitative estimate of drug-likeness (QED) is 0.798. The van der Waals surface area contributed by atoms with Gasteiger partial charge in [-0.3, -0.25) is 0 Å². The standard InChI is InChI=1S/C11H15NO3/c1-3-15-10-5-4-9(6-8(10)2)7-12-11(13)14/h4-6,12H,3,7H2,1-2H3,(H,13,14). The van der Waals surface area contributed by atoms with Crippen LogP contribution in [0.1, 0.15) is 18.1 Å². The highest BCUT2D eigenvalue weighted by molar-refractivity contribution is 5.64. The van der Waals surface area contributed by atoms with E-state index in [4.69, 9.17) is 9.84 Å². The number of aryl methyl sites for hydroxylation is 1. The Morgan fingerprint density at radius 3 is 2.80 bits per heavy atom. The number of amides is 1. The minimum Gasteiger partial charge on any atom is -0.494 e. The van der Waals surface area contributed by atoms with Gasteiger partial charge in [0.05, 0.1) is 6.61 Å². The molecule has 0 fully saturated rings. The monoisotopic (exact) mass is 209 g/mol. The summed E-state index contributed by atoms with van der Waals surface area (Å²) in [5.41, 5.74) is 1.94. The second-order valence-corrected chi connectivity index (χ2v) is 3.19. The molecular formula is C11H15NO3. The smallest absolute Gasteiger partial charge is 0.404 e. The van der Waals surface area contributed by atoms with E-state index in [1.54, 1.807) is 0 Å². The summed E-state index contributed by atoms with van der Waals surface area (Å²) in [6.45, 7) is 4.82. The molecule has 0 aliphatic heterocycles. The number of ether oxygens (including phenoxy) is 1. The molecule has 1 rings (SSSR count). The zero-order chi connectivity index (χ0) is 11.3. The topological polar surface area (TPSA) is 58.6 Å². The van der Waals surface area contributed by atoms with E-state index in [9.17, 15) is 4.79 Å². The number of benzene rings is 1. The first-order chi connectivity index (χ1) is 7.13. The molecule has 0 unspecified atom stereocenters. The lowest BCUT2D eigenvalue weighted by Gasteiger charge is -2.08. The fraction of sp³-hybridized carbons (Fsp3) is 0.364. The zero-order valence-corrected chi connectivity index (χ0v) is 8.91. The Kier molecular flexibility index (Phi) is 3.97. The predicted octanol–water partition coefficient (Wildman–Crippen LogP) is 2.16. The maximum Gasteiger partial charge on any atom is 0.404 e. The molecule has 2 N–H and O–H groups in total. The van der Waals surface area contributed by atoms with Crippen LogP contribution in [0.2, 0.25) is 0 Å². The minimum absolute atomic E-state index is 0.322. The van der Waals surface area contributed by atoms with Gasteiger partial charge in [0, 0.05) is 6.54 Å². The van der Waals surface area contributed by atoms with E-state index in [0.717, 1.165) is 16.9 Å². The fourth-order valence-electron chi connectivity index (χ4n) is 1.32. The number of rotatable bonds is 4. The van der Waals surface area contributed by atoms with Crippen LogP contribution in [0.3, 0.4) is 0 Å². The van der Waals surface area contributed by atoms with Crippen LogP contribution in [-0.2, 0) is 6.54 Å². The third kappa shape index (κ3) is 3.50. The Hall–Kier alpha value is -1.71. The van der Waals surface area contributed by atoms with Crippen molar-refractivity contribution >= 4 is 6.09 Å². The van der Waals surface area contributed by atoms with Gasteiger partial charge in [-0.1, -0.05) is 12.1 Å². The van der Waals surface area contributed by atoms with Crippen LogP contribution in [-0.4, -0.2) is 17.8 Å². The normalized spacial score (nSPS) is 9.73. The van der Waals surface area contributed by atoms with E-state index in [-0.39, 0.29) is 0 Å². The molecule has 0 aliphatic carbocycles. The van der Waals surface area contributed by atoms with E-state index >= 15 is 0 Å². The molecule has 1 aromatic carbocycles. The molecule has 4 heteroatoms. The lowest BCUT2D eigenvalue weighted by molar-refractivity contribution is 0.194. The maximum atomic E-state index is 10.3. The Morgan fingerprint density at radius 1 is 1.53 bits per heavy atom. The highest BCUT2D eigenvalue weighted by Crippen LogP contribution is 2.18. The molecule has 0 heterocycles. The first-order valence-electron chi connectivity index (χ1n) is 4.82. The van der Waals surface area contributed by atoms with Gasteiger partial charge in [-0.2, -0.15) is 0 Å². The van der Waals surface area contributed by atoms with Crippen LogP contribution in [0.4, 0.5) is 4.79 Å². The Labute approximate surface area is 88.9 Å². The third-order valence-electron chi connectivity index (χ3n) is 1.98. The van der Waals surface area contributed by atoms with E-state index < -0.39 is 6.09 Å². The van der Waals surface area contributed by atoms with Gasteiger partial charge in [-0.25, -0.2) is 4.79 Å². The Morgan fingerprint density at radius 2 is 2.27 bits per heavy atom. The second-order valence-electron chi connectivity index (χ2n) is 3.19. The van der Waals surface area contributed by atoms with Crippen molar-refractivity contribution in [3.05, 3.63) is 29.3 Å². The highest BCUT2D eigenvalue weighted by atomic mass is 16.5. The van der Waals surface area contributed by atoms with Gasteiger partial charge < -0.3 is 15.2 Å². The second kappa shape index (κ2) is 5.24. The van der Waals surface area contributed by atoms with Gasteiger partial charge in [0.1, 0.15) is 5.75 Å². The van der Waals surface area contributed by atoms with E-state index in [1.165, 1.54) is 0 Å². The van der Waals surface area contributed by atoms with Crippen molar-refractivity contribution in [2.75, 3.05) is 6.61 Å². The molecule has 0 atom stereocenters. The number of nitrogens with one attached hydrogen (secondary N) is 1. The van der Waals surface area contributed by atoms with Gasteiger partial charge in [-0.05, 0) is 31.0 Å². The summed E-state index contributed by atoms with van der Waals surface area (Å²) in [7, 11) is 0. The SMILES string of the molecule is CCOc1ccc(CNC(=O)O)cc1C. The summed E-state index contributed by atoms with van der Waals surface area (Å²) >= 11 is 0. The summed E-state index contributed by atoms with van der Waals surface area (Å²) in [5.74, 6) is 0.844. The summed E-state index contributed by atoms with van der Waals surface area (Å²) < 4.78 is 5.38. The van der Waals surface area contributed by atoms with Crippen LogP contribution in [0.25, 0.3) is 0 Å². The average molecular weight is 209 g/mol. The molecule has 0 aliphatic rings. The van der Waals surface area contributed by atoms with E-state index in [2.05, 4.69) is 5.32 Å². The van der Waals surface area contributed by atoms with Gasteiger partial charge in [0.25, 0.3) is 0 Å². The van der Waals surface area contributed by atoms with Crippen LogP contribution in [0, 0.1) is 6.92 Å². The highest BCUT2D eigenvalue weighted by Gasteiger charge is 2.01. The van der Waals surface area contributed by atoms with Crippen LogP contribution in [0.15, 0.2) is 18.2 Å². The maximum absolute atomic E-state index is 10.3. The van der Waals surface area contributed by atoms with Crippen LogP contribution in [0.5, 0.6) is 5.75 Å². The minimum atomic E-state index is -1.01. The first kappa shape index (κ1) is 11.4. The molecule has 0 radical (unpaired) electrons. The van der Waals surface area contributed by atoms with E-state index in [1.807, 2.05) is 32.0 Å². The van der Waals surface area contributed by atoms with Crippen molar-refractivity contribution in [1.29, 1.82) is 0 Å². The molecule has 15 heavy (non-hydrogen) atoms. The van der Waals surface area contributed by atoms with Gasteiger partial charge in [0.2, 0.25) is 0 Å².